The third kappa shape index (κ3) is 1.75. The normalized spacial score (nSPS) is 17.0. The standard InChI is InChI=1S/C11H9NO6/c13-7(9(15)11(17)18)4-2-1-3-5-6(4)12-10(16)8(5)14/h1-3,7,9,13,15H,(H,17,18)(H,12,14,16). The summed E-state index contributed by atoms with van der Waals surface area (Å²) >= 11 is 0. The van der Waals surface area contributed by atoms with Gasteiger partial charge >= 0.3 is 5.97 Å². The summed E-state index contributed by atoms with van der Waals surface area (Å²) in [7, 11) is 0. The fraction of sp³-hybridized carbons (Fsp3) is 0.182. The maximum absolute atomic E-state index is 11.4. The molecule has 18 heavy (non-hydrogen) atoms. The van der Waals surface area contributed by atoms with E-state index < -0.39 is 29.9 Å². The van der Waals surface area contributed by atoms with Gasteiger partial charge in [-0.2, -0.15) is 0 Å². The van der Waals surface area contributed by atoms with E-state index >= 15 is 0 Å². The van der Waals surface area contributed by atoms with E-state index in [1.54, 1.807) is 0 Å². The highest BCUT2D eigenvalue weighted by molar-refractivity contribution is 6.51. The number of amides is 1. The van der Waals surface area contributed by atoms with E-state index in [0.717, 1.165) is 0 Å². The van der Waals surface area contributed by atoms with Gasteiger partial charge in [0.25, 0.3) is 11.7 Å². The number of para-hydroxylation sites is 1. The number of hydrogen-bond donors (Lipinski definition) is 4. The van der Waals surface area contributed by atoms with Gasteiger partial charge in [-0.05, 0) is 6.07 Å². The molecule has 94 valence electrons. The molecule has 0 aromatic heterocycles. The molecule has 0 fully saturated rings. The Kier molecular flexibility index (Phi) is 2.85. The number of benzene rings is 1. The van der Waals surface area contributed by atoms with Gasteiger partial charge in [0.2, 0.25) is 0 Å². The lowest BCUT2D eigenvalue weighted by Gasteiger charge is -2.16. The number of aliphatic carboxylic acids is 1. The van der Waals surface area contributed by atoms with E-state index in [0.29, 0.717) is 0 Å². The Labute approximate surface area is 101 Å². The third-order valence-electron chi connectivity index (χ3n) is 2.66. The Morgan fingerprint density at radius 3 is 2.50 bits per heavy atom. The van der Waals surface area contributed by atoms with Crippen LogP contribution >= 0.6 is 0 Å². The fourth-order valence-electron chi connectivity index (χ4n) is 1.74. The first-order valence-electron chi connectivity index (χ1n) is 5.01. The number of aliphatic hydroxyl groups excluding tert-OH is 2. The van der Waals surface area contributed by atoms with Crippen LogP contribution in [0, 0.1) is 0 Å². The summed E-state index contributed by atoms with van der Waals surface area (Å²) in [5.41, 5.74) is 0.0797. The molecule has 0 saturated heterocycles. The Bertz CT molecular complexity index is 552. The zero-order valence-electron chi connectivity index (χ0n) is 8.95. The lowest BCUT2D eigenvalue weighted by atomic mass is 9.99. The first-order chi connectivity index (χ1) is 8.43. The Hall–Kier alpha value is -2.25. The molecule has 1 aromatic rings. The van der Waals surface area contributed by atoms with Crippen molar-refractivity contribution >= 4 is 23.3 Å². The van der Waals surface area contributed by atoms with Crippen LogP contribution < -0.4 is 5.32 Å². The predicted octanol–water partition coefficient (Wildman–Crippen LogP) is -0.700. The largest absolute Gasteiger partial charge is 0.479 e. The van der Waals surface area contributed by atoms with E-state index in [4.69, 9.17) is 5.11 Å². The van der Waals surface area contributed by atoms with Crippen molar-refractivity contribution in [1.29, 1.82) is 0 Å². The number of nitrogens with one attached hydrogen (secondary N) is 1. The topological polar surface area (TPSA) is 124 Å². The summed E-state index contributed by atoms with van der Waals surface area (Å²) in [6.45, 7) is 0. The number of fused-ring (bicyclic) bond motifs is 1. The number of carboxylic acids is 1. The summed E-state index contributed by atoms with van der Waals surface area (Å²) in [4.78, 5) is 33.2. The number of carbonyl (C=O) groups excluding carboxylic acids is 2. The molecule has 7 heteroatoms. The molecule has 0 aliphatic carbocycles. The number of ketones is 1. The van der Waals surface area contributed by atoms with E-state index in [2.05, 4.69) is 5.32 Å². The molecule has 1 aromatic carbocycles. The van der Waals surface area contributed by atoms with Gasteiger partial charge in [0.05, 0.1) is 11.3 Å². The summed E-state index contributed by atoms with van der Waals surface area (Å²) in [5.74, 6) is -3.21. The van der Waals surface area contributed by atoms with E-state index in [1.165, 1.54) is 18.2 Å². The highest BCUT2D eigenvalue weighted by Gasteiger charge is 2.34. The number of aliphatic hydroxyl groups is 2. The maximum Gasteiger partial charge on any atom is 0.335 e. The minimum absolute atomic E-state index is 0.0124. The highest BCUT2D eigenvalue weighted by atomic mass is 16.4. The second-order valence-electron chi connectivity index (χ2n) is 3.78. The Balaban J connectivity index is 2.46. The zero-order valence-corrected chi connectivity index (χ0v) is 8.95. The average Bonchev–Trinajstić information content (AvgIpc) is 2.63. The average molecular weight is 251 g/mol. The zero-order chi connectivity index (χ0) is 13.4. The minimum atomic E-state index is -2.04. The van der Waals surface area contributed by atoms with Gasteiger partial charge in [0.15, 0.2) is 6.10 Å². The number of rotatable bonds is 3. The van der Waals surface area contributed by atoms with Crippen LogP contribution in [0.2, 0.25) is 0 Å². The molecule has 2 atom stereocenters. The first kappa shape index (κ1) is 12.2. The van der Waals surface area contributed by atoms with Gasteiger partial charge in [-0.15, -0.1) is 0 Å². The lowest BCUT2D eigenvalue weighted by Crippen LogP contribution is -2.28. The second-order valence-corrected chi connectivity index (χ2v) is 3.78. The summed E-state index contributed by atoms with van der Waals surface area (Å²) in [6, 6.07) is 4.09. The smallest absolute Gasteiger partial charge is 0.335 e. The molecule has 1 amide bonds. The van der Waals surface area contributed by atoms with Crippen molar-refractivity contribution in [3.05, 3.63) is 29.3 Å². The molecule has 0 spiro atoms. The van der Waals surface area contributed by atoms with E-state index in [9.17, 15) is 24.6 Å². The highest BCUT2D eigenvalue weighted by Crippen LogP contribution is 2.32. The van der Waals surface area contributed by atoms with Crippen LogP contribution in [0.15, 0.2) is 18.2 Å². The number of carbonyl (C=O) groups is 3. The van der Waals surface area contributed by atoms with Crippen LogP contribution in [-0.2, 0) is 9.59 Å². The van der Waals surface area contributed by atoms with Gasteiger partial charge in [-0.25, -0.2) is 4.79 Å². The molecule has 4 N–H and O–H groups in total. The molecule has 2 rings (SSSR count). The van der Waals surface area contributed by atoms with Crippen LogP contribution in [-0.4, -0.2) is 39.1 Å². The Morgan fingerprint density at radius 2 is 1.89 bits per heavy atom. The molecule has 2 unspecified atom stereocenters. The summed E-state index contributed by atoms with van der Waals surface area (Å²) in [6.07, 6.45) is -3.77. The van der Waals surface area contributed by atoms with Crippen molar-refractivity contribution in [2.75, 3.05) is 5.32 Å². The number of hydrogen-bond acceptors (Lipinski definition) is 5. The maximum atomic E-state index is 11.4. The van der Waals surface area contributed by atoms with Crippen molar-refractivity contribution < 1.29 is 29.7 Å². The summed E-state index contributed by atoms with van der Waals surface area (Å²) < 4.78 is 0. The van der Waals surface area contributed by atoms with Crippen molar-refractivity contribution in [3.8, 4) is 0 Å². The molecule has 0 bridgehead atoms. The minimum Gasteiger partial charge on any atom is -0.479 e. The van der Waals surface area contributed by atoms with Gasteiger partial charge in [-0.1, -0.05) is 12.1 Å². The van der Waals surface area contributed by atoms with Crippen LogP contribution in [0.25, 0.3) is 0 Å². The molecule has 1 aliphatic heterocycles. The van der Waals surface area contributed by atoms with Crippen molar-refractivity contribution in [2.24, 2.45) is 0 Å². The van der Waals surface area contributed by atoms with Gasteiger partial charge in [-0.3, -0.25) is 9.59 Å². The lowest BCUT2D eigenvalue weighted by molar-refractivity contribution is -0.153. The summed E-state index contributed by atoms with van der Waals surface area (Å²) in [5, 5.41) is 29.8. The second kappa shape index (κ2) is 4.21. The Morgan fingerprint density at radius 1 is 1.22 bits per heavy atom. The van der Waals surface area contributed by atoms with Crippen LogP contribution in [0.4, 0.5) is 5.69 Å². The van der Waals surface area contributed by atoms with Gasteiger partial charge < -0.3 is 20.6 Å². The molecule has 7 nitrogen and oxygen atoms in total. The third-order valence-corrected chi connectivity index (χ3v) is 2.66. The molecule has 0 radical (unpaired) electrons. The number of Topliss-reactive ketones (excluding diaryl/α,β-unsaturated/α-hetero) is 1. The number of carboxylic acid groups (broad SMARTS) is 1. The van der Waals surface area contributed by atoms with Crippen LogP contribution in [0.1, 0.15) is 22.0 Å². The molecular formula is C11H9NO6. The first-order valence-corrected chi connectivity index (χ1v) is 5.01. The number of anilines is 1. The molecule has 0 saturated carbocycles. The predicted molar refractivity (Wildman–Crippen MR) is 58.0 cm³/mol. The molecular weight excluding hydrogens is 242 g/mol. The molecule has 1 heterocycles. The van der Waals surface area contributed by atoms with Gasteiger partial charge in [0, 0.05) is 5.56 Å². The van der Waals surface area contributed by atoms with Crippen molar-refractivity contribution in [3.63, 3.8) is 0 Å². The van der Waals surface area contributed by atoms with E-state index in [1.807, 2.05) is 0 Å². The monoisotopic (exact) mass is 251 g/mol. The van der Waals surface area contributed by atoms with Crippen molar-refractivity contribution in [1.82, 2.24) is 0 Å². The van der Waals surface area contributed by atoms with Crippen LogP contribution in [0.5, 0.6) is 0 Å². The fourth-order valence-corrected chi connectivity index (χ4v) is 1.74. The van der Waals surface area contributed by atoms with Crippen LogP contribution in [0.3, 0.4) is 0 Å². The van der Waals surface area contributed by atoms with Gasteiger partial charge in [0.1, 0.15) is 6.10 Å². The SMILES string of the molecule is O=C1Nc2c(cccc2C(O)C(O)C(=O)O)C1=O. The molecule has 1 aliphatic rings. The quantitative estimate of drug-likeness (QED) is 0.526. The van der Waals surface area contributed by atoms with E-state index in [-0.39, 0.29) is 16.8 Å². The van der Waals surface area contributed by atoms with Crippen molar-refractivity contribution in [2.45, 2.75) is 12.2 Å².